The molecule has 10 N–H and O–H groups in total. The minimum Gasteiger partial charge on any atom is -0.508 e. The number of aliphatic carboxylic acids is 2. The van der Waals surface area contributed by atoms with Gasteiger partial charge >= 0.3 is 11.9 Å². The number of likely N-dealkylation sites (tertiary alicyclic amines) is 1. The Morgan fingerprint density at radius 2 is 1.57 bits per heavy atom. The Kier molecular flexibility index (Phi) is 15.4. The number of aromatic hydroxyl groups is 1. The summed E-state index contributed by atoms with van der Waals surface area (Å²) in [5.41, 5.74) is 12.4. The molecule has 1 aliphatic rings. The third kappa shape index (κ3) is 11.6. The Balaban J connectivity index is 2.30. The highest BCUT2D eigenvalue weighted by molar-refractivity contribution is 5.95. The van der Waals surface area contributed by atoms with Crippen LogP contribution in [0.5, 0.6) is 5.75 Å². The number of rotatable bonds is 19. The molecule has 0 unspecified atom stereocenters. The molecule has 256 valence electrons. The number of benzene rings is 1. The van der Waals surface area contributed by atoms with Crippen LogP contribution in [0.2, 0.25) is 0 Å². The molecule has 0 spiro atoms. The molecule has 4 amide bonds. The standard InChI is InChI=1S/C31H48N6O9/c1-3-18(2)26(33)30(44)37-16-6-8-24(37)29(43)36-23(17-19-9-11-20(38)12-10-19)28(42)34-21(7-4-5-15-32)27(41)35-22(31(45)46)13-14-25(39)40/h9-12,18,21-24,26,38H,3-8,13-17,32-33H2,1-2H3,(H,34,42)(H,35,41)(H,36,43)(H,39,40)(H,45,46)/t18-,21-,22-,23-,24-,26-/m0/s1. The summed E-state index contributed by atoms with van der Waals surface area (Å²) in [5.74, 6) is -5.24. The second-order valence-electron chi connectivity index (χ2n) is 11.7. The maximum atomic E-state index is 13.7. The van der Waals surface area contributed by atoms with Crippen molar-refractivity contribution in [2.24, 2.45) is 17.4 Å². The van der Waals surface area contributed by atoms with Gasteiger partial charge in [-0.1, -0.05) is 32.4 Å². The van der Waals surface area contributed by atoms with Crippen LogP contribution in [0, 0.1) is 5.92 Å². The van der Waals surface area contributed by atoms with Gasteiger partial charge in [0.15, 0.2) is 0 Å². The number of nitrogens with zero attached hydrogens (tertiary/aromatic N) is 1. The normalized spacial score (nSPS) is 17.7. The summed E-state index contributed by atoms with van der Waals surface area (Å²) >= 11 is 0. The van der Waals surface area contributed by atoms with E-state index in [9.17, 15) is 39.0 Å². The zero-order chi connectivity index (χ0) is 34.4. The number of carbonyl (C=O) groups is 6. The Morgan fingerprint density at radius 3 is 2.15 bits per heavy atom. The molecule has 0 bridgehead atoms. The van der Waals surface area contributed by atoms with Crippen LogP contribution in [0.1, 0.15) is 70.8 Å². The summed E-state index contributed by atoms with van der Waals surface area (Å²) in [4.78, 5) is 77.8. The molecule has 0 saturated carbocycles. The molecule has 1 fully saturated rings. The number of carboxylic acid groups (broad SMARTS) is 2. The van der Waals surface area contributed by atoms with Crippen LogP contribution in [-0.4, -0.2) is 99.1 Å². The van der Waals surface area contributed by atoms with Crippen LogP contribution in [0.25, 0.3) is 0 Å². The van der Waals surface area contributed by atoms with Crippen molar-refractivity contribution in [3.05, 3.63) is 29.8 Å². The zero-order valence-corrected chi connectivity index (χ0v) is 26.4. The summed E-state index contributed by atoms with van der Waals surface area (Å²) in [5, 5.41) is 35.8. The van der Waals surface area contributed by atoms with Crippen molar-refractivity contribution < 1.29 is 44.1 Å². The third-order valence-electron chi connectivity index (χ3n) is 8.23. The molecule has 15 heteroatoms. The first kappa shape index (κ1) is 37.9. The van der Waals surface area contributed by atoms with Crippen LogP contribution in [-0.2, 0) is 35.2 Å². The summed E-state index contributed by atoms with van der Waals surface area (Å²) in [7, 11) is 0. The van der Waals surface area contributed by atoms with Gasteiger partial charge in [0.05, 0.1) is 6.04 Å². The second-order valence-corrected chi connectivity index (χ2v) is 11.7. The fraction of sp³-hybridized carbons (Fsp3) is 0.613. The minimum atomic E-state index is -1.50. The molecule has 1 aromatic carbocycles. The van der Waals surface area contributed by atoms with Gasteiger partial charge < -0.3 is 47.6 Å². The molecule has 0 radical (unpaired) electrons. The average molecular weight is 649 g/mol. The molecule has 1 aromatic rings. The molecule has 46 heavy (non-hydrogen) atoms. The van der Waals surface area contributed by atoms with Gasteiger partial charge in [0.2, 0.25) is 23.6 Å². The quantitative estimate of drug-likeness (QED) is 0.0914. The number of nitrogens with two attached hydrogens (primary N) is 2. The molecular weight excluding hydrogens is 600 g/mol. The minimum absolute atomic E-state index is 0.000866. The molecule has 2 rings (SSSR count). The van der Waals surface area contributed by atoms with E-state index < -0.39 is 66.3 Å². The Hall–Kier alpha value is -4.24. The average Bonchev–Trinajstić information content (AvgIpc) is 3.52. The van der Waals surface area contributed by atoms with E-state index in [1.807, 2.05) is 13.8 Å². The first-order valence-corrected chi connectivity index (χ1v) is 15.7. The molecule has 6 atom stereocenters. The molecule has 1 saturated heterocycles. The van der Waals surface area contributed by atoms with Gasteiger partial charge in [-0.2, -0.15) is 0 Å². The number of carbonyl (C=O) groups excluding carboxylic acids is 4. The molecule has 15 nitrogen and oxygen atoms in total. The van der Waals surface area contributed by atoms with Crippen molar-refractivity contribution in [3.8, 4) is 5.75 Å². The summed E-state index contributed by atoms with van der Waals surface area (Å²) in [6.07, 6.45) is 1.75. The van der Waals surface area contributed by atoms with Crippen LogP contribution in [0.4, 0.5) is 0 Å². The zero-order valence-electron chi connectivity index (χ0n) is 26.4. The topological polar surface area (TPSA) is 254 Å². The molecule has 0 aliphatic carbocycles. The Morgan fingerprint density at radius 1 is 0.935 bits per heavy atom. The van der Waals surface area contributed by atoms with Gasteiger partial charge in [-0.15, -0.1) is 0 Å². The number of carboxylic acids is 2. The molecule has 1 aliphatic heterocycles. The number of nitrogens with one attached hydrogen (secondary N) is 3. The Bertz CT molecular complexity index is 1210. The fourth-order valence-electron chi connectivity index (χ4n) is 5.17. The fourth-order valence-corrected chi connectivity index (χ4v) is 5.17. The maximum absolute atomic E-state index is 13.7. The van der Waals surface area contributed by atoms with Gasteiger partial charge in [0.25, 0.3) is 0 Å². The van der Waals surface area contributed by atoms with Crippen molar-refractivity contribution >= 4 is 35.6 Å². The smallest absolute Gasteiger partial charge is 0.326 e. The first-order chi connectivity index (χ1) is 21.8. The lowest BCUT2D eigenvalue weighted by Gasteiger charge is -2.30. The number of unbranched alkanes of at least 4 members (excludes halogenated alkanes) is 1. The van der Waals surface area contributed by atoms with Gasteiger partial charge in [-0.05, 0) is 68.7 Å². The number of hydrogen-bond donors (Lipinski definition) is 8. The number of phenolic OH excluding ortho intramolecular Hbond substituents is 1. The number of amides is 4. The predicted molar refractivity (Wildman–Crippen MR) is 167 cm³/mol. The van der Waals surface area contributed by atoms with Crippen molar-refractivity contribution in [1.29, 1.82) is 0 Å². The van der Waals surface area contributed by atoms with Crippen LogP contribution in [0.15, 0.2) is 24.3 Å². The van der Waals surface area contributed by atoms with Crippen molar-refractivity contribution in [1.82, 2.24) is 20.9 Å². The Labute approximate surface area is 268 Å². The van der Waals surface area contributed by atoms with Crippen molar-refractivity contribution in [2.75, 3.05) is 13.1 Å². The lowest BCUT2D eigenvalue weighted by atomic mass is 9.98. The highest BCUT2D eigenvalue weighted by Gasteiger charge is 2.39. The summed E-state index contributed by atoms with van der Waals surface area (Å²) in [6.45, 7) is 4.43. The number of hydrogen-bond acceptors (Lipinski definition) is 9. The summed E-state index contributed by atoms with van der Waals surface area (Å²) in [6, 6.07) is 0.413. The first-order valence-electron chi connectivity index (χ1n) is 15.7. The third-order valence-corrected chi connectivity index (χ3v) is 8.23. The van der Waals surface area contributed by atoms with E-state index in [2.05, 4.69) is 16.0 Å². The number of phenols is 1. The molecular formula is C31H48N6O9. The van der Waals surface area contributed by atoms with E-state index in [-0.39, 0.29) is 36.8 Å². The van der Waals surface area contributed by atoms with E-state index in [4.69, 9.17) is 16.6 Å². The van der Waals surface area contributed by atoms with Crippen molar-refractivity contribution in [3.63, 3.8) is 0 Å². The van der Waals surface area contributed by atoms with Crippen molar-refractivity contribution in [2.45, 2.75) is 102 Å². The van der Waals surface area contributed by atoms with Crippen LogP contribution >= 0.6 is 0 Å². The highest BCUT2D eigenvalue weighted by atomic mass is 16.4. The SMILES string of the molecule is CC[C@H](C)[C@H](N)C(=O)N1CCC[C@H]1C(=O)N[C@@H](Cc1ccc(O)cc1)C(=O)N[C@@H](CCCCN)C(=O)N[C@@H](CCC(=O)O)C(=O)O. The maximum Gasteiger partial charge on any atom is 0.326 e. The largest absolute Gasteiger partial charge is 0.508 e. The van der Waals surface area contributed by atoms with Gasteiger partial charge in [-0.25, -0.2) is 4.79 Å². The summed E-state index contributed by atoms with van der Waals surface area (Å²) < 4.78 is 0. The molecule has 0 aromatic heterocycles. The second kappa shape index (κ2) is 18.7. The van der Waals surface area contributed by atoms with E-state index in [0.717, 1.165) is 0 Å². The van der Waals surface area contributed by atoms with Gasteiger partial charge in [0, 0.05) is 19.4 Å². The van der Waals surface area contributed by atoms with E-state index in [0.29, 0.717) is 50.8 Å². The lowest BCUT2D eigenvalue weighted by molar-refractivity contribution is -0.143. The van der Waals surface area contributed by atoms with Crippen LogP contribution in [0.3, 0.4) is 0 Å². The highest BCUT2D eigenvalue weighted by Crippen LogP contribution is 2.21. The lowest BCUT2D eigenvalue weighted by Crippen LogP contribution is -2.59. The van der Waals surface area contributed by atoms with Crippen LogP contribution < -0.4 is 27.4 Å². The predicted octanol–water partition coefficient (Wildman–Crippen LogP) is -0.168. The van der Waals surface area contributed by atoms with Gasteiger partial charge in [-0.3, -0.25) is 24.0 Å². The monoisotopic (exact) mass is 648 g/mol. The van der Waals surface area contributed by atoms with E-state index in [1.54, 1.807) is 12.1 Å². The molecule has 1 heterocycles. The van der Waals surface area contributed by atoms with E-state index in [1.165, 1.54) is 17.0 Å². The van der Waals surface area contributed by atoms with E-state index >= 15 is 0 Å². The van der Waals surface area contributed by atoms with Gasteiger partial charge in [0.1, 0.15) is 29.9 Å².